The summed E-state index contributed by atoms with van der Waals surface area (Å²) in [6, 6.07) is 3.68. The zero-order valence-corrected chi connectivity index (χ0v) is 9.27. The Morgan fingerprint density at radius 1 is 1.38 bits per heavy atom. The normalized spacial score (nSPS) is 16.3. The molecule has 0 radical (unpaired) electrons. The van der Waals surface area contributed by atoms with Gasteiger partial charge in [-0.05, 0) is 18.6 Å². The number of aromatic nitrogens is 1. The molecule has 4 nitrogen and oxygen atoms in total. The van der Waals surface area contributed by atoms with Crippen molar-refractivity contribution in [3.8, 4) is 0 Å². The van der Waals surface area contributed by atoms with Crippen LogP contribution in [0, 0.1) is 6.92 Å². The molecule has 16 heavy (non-hydrogen) atoms. The lowest BCUT2D eigenvalue weighted by molar-refractivity contribution is -0.120. The van der Waals surface area contributed by atoms with Gasteiger partial charge in [0.1, 0.15) is 11.5 Å². The summed E-state index contributed by atoms with van der Waals surface area (Å²) in [7, 11) is 0. The number of amides is 1. The maximum atomic E-state index is 12.1. The molecule has 0 aromatic carbocycles. The number of piperidine rings is 1. The van der Waals surface area contributed by atoms with E-state index in [1.54, 1.807) is 11.1 Å². The second-order valence-electron chi connectivity index (χ2n) is 4.00. The van der Waals surface area contributed by atoms with Crippen LogP contribution in [-0.4, -0.2) is 34.7 Å². The third-order valence-corrected chi connectivity index (χ3v) is 2.82. The van der Waals surface area contributed by atoms with Crippen LogP contribution in [0.3, 0.4) is 0 Å². The summed E-state index contributed by atoms with van der Waals surface area (Å²) in [6.45, 7) is 2.91. The molecule has 2 heterocycles. The van der Waals surface area contributed by atoms with Crippen LogP contribution in [0.1, 0.15) is 28.9 Å². The molecule has 1 fully saturated rings. The van der Waals surface area contributed by atoms with E-state index in [1.165, 1.54) is 0 Å². The Balaban J connectivity index is 2.14. The van der Waals surface area contributed by atoms with E-state index in [0.29, 0.717) is 31.6 Å². The van der Waals surface area contributed by atoms with E-state index in [9.17, 15) is 9.59 Å². The summed E-state index contributed by atoms with van der Waals surface area (Å²) in [5.41, 5.74) is 1.38. The van der Waals surface area contributed by atoms with Crippen LogP contribution >= 0.6 is 0 Å². The highest BCUT2D eigenvalue weighted by Crippen LogP contribution is 2.12. The lowest BCUT2D eigenvalue weighted by atomic mass is 10.1. The Kier molecular flexibility index (Phi) is 2.99. The number of hydrogen-bond acceptors (Lipinski definition) is 3. The molecule has 1 aliphatic rings. The number of aryl methyl sites for hydroxylation is 1. The molecule has 0 atom stereocenters. The first-order chi connectivity index (χ1) is 7.68. The molecule has 1 aliphatic heterocycles. The van der Waals surface area contributed by atoms with Gasteiger partial charge in [-0.25, -0.2) is 0 Å². The van der Waals surface area contributed by atoms with Gasteiger partial charge in [0.25, 0.3) is 5.91 Å². The molecule has 1 saturated heterocycles. The number of ketones is 1. The van der Waals surface area contributed by atoms with E-state index in [1.807, 2.05) is 19.1 Å². The molecule has 4 heteroatoms. The van der Waals surface area contributed by atoms with Gasteiger partial charge in [0.2, 0.25) is 0 Å². The lowest BCUT2D eigenvalue weighted by Gasteiger charge is -2.26. The molecule has 2 rings (SSSR count). The molecular formula is C12H14N2O2. The minimum Gasteiger partial charge on any atom is -0.336 e. The van der Waals surface area contributed by atoms with Gasteiger partial charge >= 0.3 is 0 Å². The SMILES string of the molecule is Cc1cccnc1C(=O)N1CCC(=O)CC1. The number of likely N-dealkylation sites (tertiary alicyclic amines) is 1. The van der Waals surface area contributed by atoms with Gasteiger partial charge in [0.05, 0.1) is 0 Å². The van der Waals surface area contributed by atoms with Gasteiger partial charge in [-0.3, -0.25) is 14.6 Å². The van der Waals surface area contributed by atoms with Crippen LogP contribution in [0.2, 0.25) is 0 Å². The van der Waals surface area contributed by atoms with Crippen LogP contribution in [0.25, 0.3) is 0 Å². The molecule has 0 unspecified atom stereocenters. The highest BCUT2D eigenvalue weighted by atomic mass is 16.2. The first-order valence-electron chi connectivity index (χ1n) is 5.41. The van der Waals surface area contributed by atoms with Crippen molar-refractivity contribution in [1.29, 1.82) is 0 Å². The Morgan fingerprint density at radius 2 is 2.06 bits per heavy atom. The number of carbonyl (C=O) groups excluding carboxylic acids is 2. The second-order valence-corrected chi connectivity index (χ2v) is 4.00. The fraction of sp³-hybridized carbons (Fsp3) is 0.417. The number of hydrogen-bond donors (Lipinski definition) is 0. The van der Waals surface area contributed by atoms with Gasteiger partial charge < -0.3 is 4.90 Å². The number of pyridine rings is 1. The van der Waals surface area contributed by atoms with Gasteiger partial charge in [-0.1, -0.05) is 6.07 Å². The largest absolute Gasteiger partial charge is 0.336 e. The third kappa shape index (κ3) is 2.10. The lowest BCUT2D eigenvalue weighted by Crippen LogP contribution is -2.39. The Morgan fingerprint density at radius 3 is 2.69 bits per heavy atom. The Labute approximate surface area is 94.3 Å². The van der Waals surface area contributed by atoms with Gasteiger partial charge in [0.15, 0.2) is 0 Å². The van der Waals surface area contributed by atoms with Gasteiger partial charge in [-0.15, -0.1) is 0 Å². The van der Waals surface area contributed by atoms with E-state index in [4.69, 9.17) is 0 Å². The van der Waals surface area contributed by atoms with Gasteiger partial charge in [0, 0.05) is 32.1 Å². The van der Waals surface area contributed by atoms with E-state index >= 15 is 0 Å². The number of carbonyl (C=O) groups is 2. The maximum absolute atomic E-state index is 12.1. The quantitative estimate of drug-likeness (QED) is 0.711. The maximum Gasteiger partial charge on any atom is 0.272 e. The molecule has 0 saturated carbocycles. The molecule has 0 bridgehead atoms. The third-order valence-electron chi connectivity index (χ3n) is 2.82. The molecule has 1 aromatic heterocycles. The minimum atomic E-state index is -0.0643. The van der Waals surface area contributed by atoms with Crippen LogP contribution in [0.5, 0.6) is 0 Å². The summed E-state index contributed by atoms with van der Waals surface area (Å²) in [5.74, 6) is 0.174. The monoisotopic (exact) mass is 218 g/mol. The molecule has 84 valence electrons. The zero-order chi connectivity index (χ0) is 11.5. The van der Waals surface area contributed by atoms with Crippen molar-refractivity contribution in [2.24, 2.45) is 0 Å². The van der Waals surface area contributed by atoms with Crippen molar-refractivity contribution >= 4 is 11.7 Å². The standard InChI is InChI=1S/C12H14N2O2/c1-9-3-2-6-13-11(9)12(16)14-7-4-10(15)5-8-14/h2-3,6H,4-5,7-8H2,1H3. The first-order valence-corrected chi connectivity index (χ1v) is 5.41. The molecule has 1 aromatic rings. The average molecular weight is 218 g/mol. The van der Waals surface area contributed by atoms with Crippen molar-refractivity contribution < 1.29 is 9.59 Å². The molecule has 0 spiro atoms. The van der Waals surface area contributed by atoms with Crippen molar-refractivity contribution in [1.82, 2.24) is 9.88 Å². The fourth-order valence-electron chi connectivity index (χ4n) is 1.82. The van der Waals surface area contributed by atoms with E-state index in [2.05, 4.69) is 4.98 Å². The molecule has 0 aliphatic carbocycles. The van der Waals surface area contributed by atoms with Crippen molar-refractivity contribution in [2.45, 2.75) is 19.8 Å². The van der Waals surface area contributed by atoms with Gasteiger partial charge in [-0.2, -0.15) is 0 Å². The first kappa shape index (κ1) is 10.8. The summed E-state index contributed by atoms with van der Waals surface area (Å²) < 4.78 is 0. The summed E-state index contributed by atoms with van der Waals surface area (Å²) in [6.07, 6.45) is 2.56. The van der Waals surface area contributed by atoms with Crippen LogP contribution < -0.4 is 0 Å². The topological polar surface area (TPSA) is 50.3 Å². The predicted octanol–water partition coefficient (Wildman–Crippen LogP) is 1.20. The Hall–Kier alpha value is -1.71. The predicted molar refractivity (Wildman–Crippen MR) is 59.1 cm³/mol. The van der Waals surface area contributed by atoms with Crippen LogP contribution in [-0.2, 0) is 4.79 Å². The number of rotatable bonds is 1. The van der Waals surface area contributed by atoms with Crippen molar-refractivity contribution in [3.63, 3.8) is 0 Å². The summed E-state index contributed by atoms with van der Waals surface area (Å²) in [5, 5.41) is 0. The van der Waals surface area contributed by atoms with Crippen molar-refractivity contribution in [3.05, 3.63) is 29.6 Å². The van der Waals surface area contributed by atoms with Crippen LogP contribution in [0.15, 0.2) is 18.3 Å². The second kappa shape index (κ2) is 4.43. The van der Waals surface area contributed by atoms with E-state index in [-0.39, 0.29) is 11.7 Å². The molecular weight excluding hydrogens is 204 g/mol. The van der Waals surface area contributed by atoms with Crippen molar-refractivity contribution in [2.75, 3.05) is 13.1 Å². The fourth-order valence-corrected chi connectivity index (χ4v) is 1.82. The smallest absolute Gasteiger partial charge is 0.272 e. The zero-order valence-electron chi connectivity index (χ0n) is 9.27. The highest BCUT2D eigenvalue weighted by Gasteiger charge is 2.23. The molecule has 0 N–H and O–H groups in total. The van der Waals surface area contributed by atoms with E-state index in [0.717, 1.165) is 5.56 Å². The van der Waals surface area contributed by atoms with E-state index < -0.39 is 0 Å². The molecule has 1 amide bonds. The average Bonchev–Trinajstić information content (AvgIpc) is 2.30. The highest BCUT2D eigenvalue weighted by molar-refractivity contribution is 5.94. The summed E-state index contributed by atoms with van der Waals surface area (Å²) in [4.78, 5) is 29.0. The number of nitrogens with zero attached hydrogens (tertiary/aromatic N) is 2. The number of Topliss-reactive ketones (excluding diaryl/α,β-unsaturated/α-hetero) is 1. The Bertz CT molecular complexity index is 419. The van der Waals surface area contributed by atoms with Crippen LogP contribution in [0.4, 0.5) is 0 Å². The summed E-state index contributed by atoms with van der Waals surface area (Å²) >= 11 is 0. The minimum absolute atomic E-state index is 0.0643.